The molecule has 0 saturated heterocycles. The number of aromatic nitrogens is 1. The SMILES string of the molecule is CSCCN(C#N)Cc1ccc(Cl)nc1. The molecule has 1 aromatic heterocycles. The fourth-order valence-electron chi connectivity index (χ4n) is 1.09. The molecule has 0 unspecified atom stereocenters. The van der Waals surface area contributed by atoms with Crippen molar-refractivity contribution in [3.8, 4) is 6.19 Å². The van der Waals surface area contributed by atoms with E-state index in [0.717, 1.165) is 17.9 Å². The van der Waals surface area contributed by atoms with Crippen LogP contribution in [-0.4, -0.2) is 28.4 Å². The quantitative estimate of drug-likeness (QED) is 0.451. The van der Waals surface area contributed by atoms with E-state index >= 15 is 0 Å². The number of hydrogen-bond donors (Lipinski definition) is 0. The number of nitrogens with zero attached hydrogens (tertiary/aromatic N) is 3. The molecule has 5 heteroatoms. The van der Waals surface area contributed by atoms with Gasteiger partial charge in [-0.25, -0.2) is 4.98 Å². The van der Waals surface area contributed by atoms with Crippen molar-refractivity contribution in [2.75, 3.05) is 18.6 Å². The maximum absolute atomic E-state index is 8.89. The molecule has 3 nitrogen and oxygen atoms in total. The van der Waals surface area contributed by atoms with Crippen LogP contribution in [0.1, 0.15) is 5.56 Å². The number of thioether (sulfide) groups is 1. The number of halogens is 1. The van der Waals surface area contributed by atoms with Crippen molar-refractivity contribution < 1.29 is 0 Å². The third-order valence-corrected chi connectivity index (χ3v) is 2.68. The Morgan fingerprint density at radius 3 is 2.93 bits per heavy atom. The average molecular weight is 242 g/mol. The minimum atomic E-state index is 0.478. The van der Waals surface area contributed by atoms with Gasteiger partial charge in [-0.3, -0.25) is 0 Å². The standard InChI is InChI=1S/C10H12ClN3S/c1-15-5-4-14(8-12)7-9-2-3-10(11)13-6-9/h2-3,6H,4-5,7H2,1H3. The summed E-state index contributed by atoms with van der Waals surface area (Å²) in [6.07, 6.45) is 5.89. The first kappa shape index (κ1) is 12.2. The van der Waals surface area contributed by atoms with Gasteiger partial charge in [0.25, 0.3) is 0 Å². The first-order valence-corrected chi connectivity index (χ1v) is 6.27. The highest BCUT2D eigenvalue weighted by Crippen LogP contribution is 2.08. The number of pyridine rings is 1. The monoisotopic (exact) mass is 241 g/mol. The van der Waals surface area contributed by atoms with E-state index in [1.54, 1.807) is 28.9 Å². The molecule has 0 spiro atoms. The summed E-state index contributed by atoms with van der Waals surface area (Å²) in [6.45, 7) is 1.36. The molecule has 80 valence electrons. The molecule has 0 N–H and O–H groups in total. The third kappa shape index (κ3) is 4.41. The van der Waals surface area contributed by atoms with Crippen molar-refractivity contribution in [1.29, 1.82) is 5.26 Å². The van der Waals surface area contributed by atoms with Crippen molar-refractivity contribution in [2.24, 2.45) is 0 Å². The van der Waals surface area contributed by atoms with Gasteiger partial charge < -0.3 is 4.90 Å². The van der Waals surface area contributed by atoms with Crippen LogP contribution in [0.2, 0.25) is 5.15 Å². The largest absolute Gasteiger partial charge is 0.305 e. The Morgan fingerprint density at radius 1 is 1.60 bits per heavy atom. The molecule has 1 aromatic rings. The summed E-state index contributed by atoms with van der Waals surface area (Å²) in [7, 11) is 0. The van der Waals surface area contributed by atoms with Gasteiger partial charge in [-0.2, -0.15) is 17.0 Å². The summed E-state index contributed by atoms with van der Waals surface area (Å²) in [5.41, 5.74) is 1.00. The summed E-state index contributed by atoms with van der Waals surface area (Å²) < 4.78 is 0. The summed E-state index contributed by atoms with van der Waals surface area (Å²) in [5, 5.41) is 9.37. The number of rotatable bonds is 5. The Morgan fingerprint density at radius 2 is 2.40 bits per heavy atom. The molecule has 0 aliphatic heterocycles. The van der Waals surface area contributed by atoms with Crippen LogP contribution in [0.15, 0.2) is 18.3 Å². The van der Waals surface area contributed by atoms with Crippen LogP contribution in [-0.2, 0) is 6.54 Å². The van der Waals surface area contributed by atoms with E-state index < -0.39 is 0 Å². The van der Waals surface area contributed by atoms with Crippen LogP contribution in [0.4, 0.5) is 0 Å². The topological polar surface area (TPSA) is 39.9 Å². The second kappa shape index (κ2) is 6.54. The number of nitriles is 1. The summed E-state index contributed by atoms with van der Waals surface area (Å²) in [5.74, 6) is 0.953. The summed E-state index contributed by atoms with van der Waals surface area (Å²) >= 11 is 7.40. The molecule has 0 aromatic carbocycles. The molecular weight excluding hydrogens is 230 g/mol. The maximum Gasteiger partial charge on any atom is 0.179 e. The van der Waals surface area contributed by atoms with Crippen LogP contribution in [0, 0.1) is 11.5 Å². The van der Waals surface area contributed by atoms with Gasteiger partial charge in [-0.1, -0.05) is 17.7 Å². The Kier molecular flexibility index (Phi) is 5.30. The first-order valence-electron chi connectivity index (χ1n) is 4.50. The van der Waals surface area contributed by atoms with Crippen LogP contribution >= 0.6 is 23.4 Å². The average Bonchev–Trinajstić information content (AvgIpc) is 2.27. The second-order valence-electron chi connectivity index (χ2n) is 3.00. The molecule has 0 aliphatic carbocycles. The van der Waals surface area contributed by atoms with Crippen molar-refractivity contribution in [3.05, 3.63) is 29.0 Å². The van der Waals surface area contributed by atoms with Crippen molar-refractivity contribution in [1.82, 2.24) is 9.88 Å². The van der Waals surface area contributed by atoms with Gasteiger partial charge in [0.2, 0.25) is 0 Å². The molecule has 0 amide bonds. The molecule has 0 fully saturated rings. The van der Waals surface area contributed by atoms with Crippen LogP contribution < -0.4 is 0 Å². The molecule has 0 aliphatic rings. The van der Waals surface area contributed by atoms with Gasteiger partial charge in [-0.15, -0.1) is 0 Å². The van der Waals surface area contributed by atoms with Crippen LogP contribution in [0.3, 0.4) is 0 Å². The zero-order valence-electron chi connectivity index (χ0n) is 8.48. The summed E-state index contributed by atoms with van der Waals surface area (Å²) in [6, 6.07) is 3.62. The Hall–Kier alpha value is -0.920. The van der Waals surface area contributed by atoms with E-state index in [2.05, 4.69) is 11.2 Å². The molecular formula is C10H12ClN3S. The van der Waals surface area contributed by atoms with Crippen molar-refractivity contribution >= 4 is 23.4 Å². The molecule has 0 radical (unpaired) electrons. The second-order valence-corrected chi connectivity index (χ2v) is 4.38. The molecule has 15 heavy (non-hydrogen) atoms. The van der Waals surface area contributed by atoms with Crippen LogP contribution in [0.25, 0.3) is 0 Å². The van der Waals surface area contributed by atoms with E-state index in [-0.39, 0.29) is 0 Å². The first-order chi connectivity index (χ1) is 7.26. The normalized spacial score (nSPS) is 9.67. The lowest BCUT2D eigenvalue weighted by Crippen LogP contribution is -2.20. The van der Waals surface area contributed by atoms with E-state index in [1.165, 1.54) is 0 Å². The highest BCUT2D eigenvalue weighted by Gasteiger charge is 2.02. The van der Waals surface area contributed by atoms with Crippen molar-refractivity contribution in [2.45, 2.75) is 6.54 Å². The predicted molar refractivity (Wildman–Crippen MR) is 63.7 cm³/mol. The van der Waals surface area contributed by atoms with Gasteiger partial charge in [0.1, 0.15) is 5.15 Å². The summed E-state index contributed by atoms with van der Waals surface area (Å²) in [4.78, 5) is 5.68. The zero-order valence-corrected chi connectivity index (χ0v) is 10.1. The third-order valence-electron chi connectivity index (χ3n) is 1.87. The van der Waals surface area contributed by atoms with Gasteiger partial charge in [0.05, 0.1) is 6.54 Å². The fourth-order valence-corrected chi connectivity index (χ4v) is 1.60. The lowest BCUT2D eigenvalue weighted by atomic mass is 10.3. The molecule has 0 atom stereocenters. The minimum Gasteiger partial charge on any atom is -0.305 e. The Bertz CT molecular complexity index is 334. The minimum absolute atomic E-state index is 0.478. The van der Waals surface area contributed by atoms with E-state index in [4.69, 9.17) is 16.9 Å². The van der Waals surface area contributed by atoms with E-state index in [9.17, 15) is 0 Å². The smallest absolute Gasteiger partial charge is 0.179 e. The zero-order chi connectivity index (χ0) is 11.1. The predicted octanol–water partition coefficient (Wildman–Crippen LogP) is 2.38. The molecule has 0 bridgehead atoms. The Balaban J connectivity index is 2.52. The molecule has 1 heterocycles. The highest BCUT2D eigenvalue weighted by molar-refractivity contribution is 7.98. The van der Waals surface area contributed by atoms with Crippen molar-refractivity contribution in [3.63, 3.8) is 0 Å². The lowest BCUT2D eigenvalue weighted by molar-refractivity contribution is 0.410. The fraction of sp³-hybridized carbons (Fsp3) is 0.400. The number of hydrogen-bond acceptors (Lipinski definition) is 4. The highest BCUT2D eigenvalue weighted by atomic mass is 35.5. The van der Waals surface area contributed by atoms with E-state index in [1.807, 2.05) is 12.3 Å². The van der Waals surface area contributed by atoms with E-state index in [0.29, 0.717) is 11.7 Å². The lowest BCUT2D eigenvalue weighted by Gasteiger charge is -2.14. The van der Waals surface area contributed by atoms with Gasteiger partial charge in [-0.05, 0) is 17.9 Å². The molecule has 0 saturated carbocycles. The van der Waals surface area contributed by atoms with Gasteiger partial charge >= 0.3 is 0 Å². The molecule has 1 rings (SSSR count). The van der Waals surface area contributed by atoms with Gasteiger partial charge in [0.15, 0.2) is 6.19 Å². The van der Waals surface area contributed by atoms with Crippen LogP contribution in [0.5, 0.6) is 0 Å². The van der Waals surface area contributed by atoms with Gasteiger partial charge in [0, 0.05) is 18.5 Å². The maximum atomic E-state index is 8.89. The Labute approximate surface area is 99.1 Å².